The number of piperidine rings is 1. The fraction of sp³-hybridized carbons (Fsp3) is 0.538. The lowest BCUT2D eigenvalue weighted by molar-refractivity contribution is -0.0435. The molecule has 2 unspecified atom stereocenters. The van der Waals surface area contributed by atoms with Crippen LogP contribution in [-0.2, 0) is 9.84 Å². The molecular formula is C13H15BrF3NO2S. The molecule has 0 saturated carbocycles. The molecule has 0 radical (unpaired) electrons. The lowest BCUT2D eigenvalue weighted by Crippen LogP contribution is -2.41. The molecule has 1 aromatic rings. The first-order chi connectivity index (χ1) is 9.64. The second kappa shape index (κ2) is 5.79. The highest BCUT2D eigenvalue weighted by molar-refractivity contribution is 9.09. The number of para-hydroxylation sites is 1. The van der Waals surface area contributed by atoms with Gasteiger partial charge in [-0.15, -0.1) is 0 Å². The summed E-state index contributed by atoms with van der Waals surface area (Å²) in [6.07, 6.45) is 0.788. The summed E-state index contributed by atoms with van der Waals surface area (Å²) in [6, 6.07) is 5.29. The van der Waals surface area contributed by atoms with Gasteiger partial charge in [-0.25, -0.2) is 8.42 Å². The van der Waals surface area contributed by atoms with Gasteiger partial charge < -0.3 is 4.90 Å². The molecule has 2 atom stereocenters. The Morgan fingerprint density at radius 3 is 2.48 bits per heavy atom. The first-order valence-corrected chi connectivity index (χ1v) is 8.84. The summed E-state index contributed by atoms with van der Waals surface area (Å²) in [5, 5.41) is 0. The summed E-state index contributed by atoms with van der Waals surface area (Å²) in [6.45, 7) is 3.06. The van der Waals surface area contributed by atoms with Gasteiger partial charge in [-0.3, -0.25) is 0 Å². The average Bonchev–Trinajstić information content (AvgIpc) is 2.40. The molecule has 1 fully saturated rings. The third-order valence-electron chi connectivity index (χ3n) is 3.67. The van der Waals surface area contributed by atoms with Gasteiger partial charge >= 0.3 is 5.51 Å². The van der Waals surface area contributed by atoms with Crippen molar-refractivity contribution in [1.82, 2.24) is 0 Å². The first-order valence-electron chi connectivity index (χ1n) is 6.44. The minimum absolute atomic E-state index is 0.117. The van der Waals surface area contributed by atoms with Crippen molar-refractivity contribution >= 4 is 31.5 Å². The molecule has 0 spiro atoms. The van der Waals surface area contributed by atoms with Crippen LogP contribution >= 0.6 is 15.9 Å². The van der Waals surface area contributed by atoms with Crippen LogP contribution in [0.4, 0.5) is 18.9 Å². The lowest BCUT2D eigenvalue weighted by Gasteiger charge is -2.36. The van der Waals surface area contributed by atoms with Crippen molar-refractivity contribution in [2.45, 2.75) is 28.6 Å². The summed E-state index contributed by atoms with van der Waals surface area (Å²) in [5.41, 5.74) is -5.17. The molecule has 0 N–H and O–H groups in total. The predicted molar refractivity (Wildman–Crippen MR) is 78.4 cm³/mol. The molecule has 3 nitrogen and oxygen atoms in total. The van der Waals surface area contributed by atoms with Crippen molar-refractivity contribution in [3.63, 3.8) is 0 Å². The van der Waals surface area contributed by atoms with Crippen LogP contribution in [0.3, 0.4) is 0 Å². The van der Waals surface area contributed by atoms with Crippen molar-refractivity contribution in [2.24, 2.45) is 5.92 Å². The van der Waals surface area contributed by atoms with Gasteiger partial charge in [0.15, 0.2) is 0 Å². The standard InChI is InChI=1S/C13H15BrF3NO2S/c1-9-6-7-18(8-10(9)14)11-4-2-3-5-12(11)21(19,20)13(15,16)17/h2-5,9-10H,6-8H2,1H3. The summed E-state index contributed by atoms with van der Waals surface area (Å²) in [5.74, 6) is 0.396. The summed E-state index contributed by atoms with van der Waals surface area (Å²) >= 11 is 3.49. The SMILES string of the molecule is CC1CCN(c2ccccc2S(=O)(=O)C(F)(F)F)CC1Br. The smallest absolute Gasteiger partial charge is 0.369 e. The van der Waals surface area contributed by atoms with E-state index >= 15 is 0 Å². The number of halogens is 4. The number of nitrogens with zero attached hydrogens (tertiary/aromatic N) is 1. The van der Waals surface area contributed by atoms with E-state index in [0.717, 1.165) is 12.5 Å². The molecular weight excluding hydrogens is 371 g/mol. The van der Waals surface area contributed by atoms with Crippen molar-refractivity contribution in [1.29, 1.82) is 0 Å². The molecule has 1 aromatic carbocycles. The number of sulfone groups is 1. The highest BCUT2D eigenvalue weighted by atomic mass is 79.9. The van der Waals surface area contributed by atoms with Gasteiger partial charge in [0.25, 0.3) is 9.84 Å². The normalized spacial score (nSPS) is 24.1. The predicted octanol–water partition coefficient (Wildman–Crippen LogP) is 3.59. The van der Waals surface area contributed by atoms with Crippen LogP contribution in [0.1, 0.15) is 13.3 Å². The van der Waals surface area contributed by atoms with Crippen LogP contribution in [0, 0.1) is 5.92 Å². The van der Waals surface area contributed by atoms with Gasteiger partial charge in [-0.05, 0) is 24.5 Å². The van der Waals surface area contributed by atoms with Gasteiger partial charge in [0.1, 0.15) is 0 Å². The van der Waals surface area contributed by atoms with Crippen molar-refractivity contribution in [2.75, 3.05) is 18.0 Å². The van der Waals surface area contributed by atoms with Crippen molar-refractivity contribution in [3.05, 3.63) is 24.3 Å². The number of alkyl halides is 4. The van der Waals surface area contributed by atoms with Crippen LogP contribution in [-0.4, -0.2) is 31.8 Å². The maximum Gasteiger partial charge on any atom is 0.501 e. The van der Waals surface area contributed by atoms with E-state index in [-0.39, 0.29) is 10.5 Å². The molecule has 1 heterocycles. The monoisotopic (exact) mass is 385 g/mol. The number of hydrogen-bond donors (Lipinski definition) is 0. The number of anilines is 1. The van der Waals surface area contributed by atoms with Crippen molar-refractivity contribution in [3.8, 4) is 0 Å². The summed E-state index contributed by atoms with van der Waals surface area (Å²) < 4.78 is 61.8. The molecule has 0 bridgehead atoms. The topological polar surface area (TPSA) is 37.4 Å². The number of hydrogen-bond acceptors (Lipinski definition) is 3. The summed E-state index contributed by atoms with van der Waals surface area (Å²) in [7, 11) is -5.34. The van der Waals surface area contributed by atoms with Gasteiger partial charge in [0.05, 0.1) is 10.6 Å². The molecule has 1 saturated heterocycles. The molecule has 118 valence electrons. The Hall–Kier alpha value is -0.760. The maximum absolute atomic E-state index is 12.8. The van der Waals surface area contributed by atoms with Crippen molar-refractivity contribution < 1.29 is 21.6 Å². The number of benzene rings is 1. The largest absolute Gasteiger partial charge is 0.501 e. The molecule has 2 rings (SSSR count). The Morgan fingerprint density at radius 2 is 1.90 bits per heavy atom. The molecule has 1 aliphatic heterocycles. The zero-order chi connectivity index (χ0) is 15.8. The molecule has 8 heteroatoms. The fourth-order valence-electron chi connectivity index (χ4n) is 2.31. The van der Waals surface area contributed by atoms with Crippen LogP contribution in [0.2, 0.25) is 0 Å². The average molecular weight is 386 g/mol. The molecule has 0 aromatic heterocycles. The van der Waals surface area contributed by atoms with Crippen LogP contribution in [0.25, 0.3) is 0 Å². The Bertz CT molecular complexity index is 618. The zero-order valence-electron chi connectivity index (χ0n) is 11.3. The fourth-order valence-corrected chi connectivity index (χ4v) is 3.90. The first kappa shape index (κ1) is 16.6. The Kier molecular flexibility index (Phi) is 4.58. The molecule has 0 amide bonds. The molecule has 1 aliphatic rings. The Morgan fingerprint density at radius 1 is 1.29 bits per heavy atom. The van der Waals surface area contributed by atoms with E-state index in [9.17, 15) is 21.6 Å². The van der Waals surface area contributed by atoms with Gasteiger partial charge in [0.2, 0.25) is 0 Å². The van der Waals surface area contributed by atoms with E-state index in [1.165, 1.54) is 12.1 Å². The lowest BCUT2D eigenvalue weighted by atomic mass is 9.98. The van der Waals surface area contributed by atoms with Gasteiger partial charge in [0, 0.05) is 17.9 Å². The molecule has 0 aliphatic carbocycles. The third-order valence-corrected chi connectivity index (χ3v) is 6.39. The van der Waals surface area contributed by atoms with E-state index in [1.807, 2.05) is 0 Å². The van der Waals surface area contributed by atoms with Crippen LogP contribution in [0.5, 0.6) is 0 Å². The maximum atomic E-state index is 12.8. The second-order valence-electron chi connectivity index (χ2n) is 5.14. The van der Waals surface area contributed by atoms with E-state index in [1.54, 1.807) is 11.0 Å². The Balaban J connectivity index is 2.44. The van der Waals surface area contributed by atoms with Crippen LogP contribution < -0.4 is 4.90 Å². The zero-order valence-corrected chi connectivity index (χ0v) is 13.7. The highest BCUT2D eigenvalue weighted by Gasteiger charge is 2.48. The van der Waals surface area contributed by atoms with E-state index in [2.05, 4.69) is 22.9 Å². The third kappa shape index (κ3) is 3.21. The Labute approximate surface area is 130 Å². The minimum atomic E-state index is -5.34. The van der Waals surface area contributed by atoms with Gasteiger partial charge in [-0.2, -0.15) is 13.2 Å². The van der Waals surface area contributed by atoms with Gasteiger partial charge in [-0.1, -0.05) is 35.0 Å². The minimum Gasteiger partial charge on any atom is -0.369 e. The highest BCUT2D eigenvalue weighted by Crippen LogP contribution is 2.37. The molecule has 21 heavy (non-hydrogen) atoms. The quantitative estimate of drug-likeness (QED) is 0.730. The summed E-state index contributed by atoms with van der Waals surface area (Å²) in [4.78, 5) is 1.14. The van der Waals surface area contributed by atoms with Crippen LogP contribution in [0.15, 0.2) is 29.2 Å². The van der Waals surface area contributed by atoms with E-state index in [4.69, 9.17) is 0 Å². The van der Waals surface area contributed by atoms with E-state index in [0.29, 0.717) is 19.0 Å². The second-order valence-corrected chi connectivity index (χ2v) is 8.23. The number of rotatable bonds is 2. The van der Waals surface area contributed by atoms with E-state index < -0.39 is 20.2 Å².